The Morgan fingerprint density at radius 1 is 1.07 bits per heavy atom. The van der Waals surface area contributed by atoms with Crippen molar-refractivity contribution in [2.45, 2.75) is 12.8 Å². The number of pyridine rings is 1. The van der Waals surface area contributed by atoms with E-state index in [0.29, 0.717) is 28.6 Å². The van der Waals surface area contributed by atoms with Gasteiger partial charge in [0.15, 0.2) is 0 Å². The molecule has 0 fully saturated rings. The highest BCUT2D eigenvalue weighted by Gasteiger charge is 2.25. The van der Waals surface area contributed by atoms with Crippen LogP contribution in [0.1, 0.15) is 21.5 Å². The monoisotopic (exact) mass is 374 g/mol. The number of carboxylic acids is 1. The smallest absolute Gasteiger partial charge is 0.123 e. The van der Waals surface area contributed by atoms with Crippen LogP contribution in [0.5, 0.6) is 0 Å². The molecular formula is C22H13FNO2S-. The Morgan fingerprint density at radius 3 is 2.67 bits per heavy atom. The molecule has 5 heteroatoms. The Bertz CT molecular complexity index is 1210. The molecule has 4 aromatic rings. The van der Waals surface area contributed by atoms with Gasteiger partial charge in [0.25, 0.3) is 0 Å². The van der Waals surface area contributed by atoms with Crippen LogP contribution in [0.15, 0.2) is 54.6 Å². The molecule has 0 saturated carbocycles. The van der Waals surface area contributed by atoms with Crippen molar-refractivity contribution in [3.63, 3.8) is 0 Å². The molecule has 0 radical (unpaired) electrons. The van der Waals surface area contributed by atoms with Gasteiger partial charge in [-0.15, -0.1) is 11.3 Å². The SMILES string of the molecule is O=C([O-])c1c2c(nc3ccc(F)cc13)-c1sc(-c3ccccc3)cc1CC2. The quantitative estimate of drug-likeness (QED) is 0.528. The van der Waals surface area contributed by atoms with Crippen molar-refractivity contribution in [2.24, 2.45) is 0 Å². The van der Waals surface area contributed by atoms with Crippen LogP contribution < -0.4 is 5.11 Å². The van der Waals surface area contributed by atoms with Crippen molar-refractivity contribution in [1.29, 1.82) is 0 Å². The van der Waals surface area contributed by atoms with Crippen LogP contribution in [0.3, 0.4) is 0 Å². The predicted molar refractivity (Wildman–Crippen MR) is 102 cm³/mol. The van der Waals surface area contributed by atoms with Crippen LogP contribution in [-0.4, -0.2) is 11.0 Å². The Labute approximate surface area is 158 Å². The normalized spacial score (nSPS) is 12.6. The summed E-state index contributed by atoms with van der Waals surface area (Å²) in [5.41, 5.74) is 4.15. The van der Waals surface area contributed by atoms with E-state index in [-0.39, 0.29) is 5.56 Å². The van der Waals surface area contributed by atoms with Crippen LogP contribution in [0.2, 0.25) is 0 Å². The summed E-state index contributed by atoms with van der Waals surface area (Å²) in [6, 6.07) is 16.3. The van der Waals surface area contributed by atoms with Crippen molar-refractivity contribution in [3.8, 4) is 21.0 Å². The minimum Gasteiger partial charge on any atom is -0.545 e. The molecule has 2 aromatic heterocycles. The van der Waals surface area contributed by atoms with E-state index in [1.54, 1.807) is 11.3 Å². The van der Waals surface area contributed by atoms with Gasteiger partial charge in [0.1, 0.15) is 5.82 Å². The van der Waals surface area contributed by atoms with E-state index >= 15 is 0 Å². The molecule has 0 saturated heterocycles. The van der Waals surface area contributed by atoms with Gasteiger partial charge in [-0.25, -0.2) is 9.37 Å². The summed E-state index contributed by atoms with van der Waals surface area (Å²) in [6.07, 6.45) is 1.28. The molecule has 1 aliphatic rings. The first-order valence-electron chi connectivity index (χ1n) is 8.64. The fourth-order valence-electron chi connectivity index (χ4n) is 3.76. The Kier molecular flexibility index (Phi) is 3.58. The number of hydrogen-bond acceptors (Lipinski definition) is 4. The van der Waals surface area contributed by atoms with Gasteiger partial charge in [0, 0.05) is 15.8 Å². The van der Waals surface area contributed by atoms with E-state index in [9.17, 15) is 14.3 Å². The summed E-state index contributed by atoms with van der Waals surface area (Å²) in [5.74, 6) is -1.77. The third-order valence-electron chi connectivity index (χ3n) is 4.98. The van der Waals surface area contributed by atoms with Crippen molar-refractivity contribution < 1.29 is 14.3 Å². The zero-order valence-corrected chi connectivity index (χ0v) is 15.0. The maximum Gasteiger partial charge on any atom is 0.123 e. The van der Waals surface area contributed by atoms with Gasteiger partial charge in [-0.2, -0.15) is 0 Å². The molecule has 5 rings (SSSR count). The number of aryl methyl sites for hydroxylation is 1. The number of hydrogen-bond donors (Lipinski definition) is 0. The van der Waals surface area contributed by atoms with E-state index in [4.69, 9.17) is 4.98 Å². The molecule has 0 bridgehead atoms. The molecule has 0 amide bonds. The molecule has 0 unspecified atom stereocenters. The largest absolute Gasteiger partial charge is 0.545 e. The summed E-state index contributed by atoms with van der Waals surface area (Å²) >= 11 is 1.61. The molecule has 0 spiro atoms. The zero-order valence-electron chi connectivity index (χ0n) is 14.2. The maximum atomic E-state index is 13.7. The van der Waals surface area contributed by atoms with Gasteiger partial charge in [-0.1, -0.05) is 30.3 Å². The number of benzene rings is 2. The molecule has 3 nitrogen and oxygen atoms in total. The van der Waals surface area contributed by atoms with Gasteiger partial charge < -0.3 is 9.90 Å². The number of thiophene rings is 1. The van der Waals surface area contributed by atoms with Crippen LogP contribution >= 0.6 is 11.3 Å². The van der Waals surface area contributed by atoms with E-state index < -0.39 is 11.8 Å². The van der Waals surface area contributed by atoms with Gasteiger partial charge in [-0.05, 0) is 53.8 Å². The number of aromatic carboxylic acids is 1. The Hall–Kier alpha value is -3.05. The molecule has 2 aromatic carbocycles. The van der Waals surface area contributed by atoms with Crippen LogP contribution in [0.25, 0.3) is 31.9 Å². The minimum absolute atomic E-state index is 0.0646. The van der Waals surface area contributed by atoms with Crippen LogP contribution in [0, 0.1) is 5.82 Å². The molecule has 0 N–H and O–H groups in total. The topological polar surface area (TPSA) is 53.0 Å². The van der Waals surface area contributed by atoms with Crippen molar-refractivity contribution >= 4 is 28.2 Å². The van der Waals surface area contributed by atoms with Crippen molar-refractivity contribution in [3.05, 3.63) is 77.1 Å². The lowest BCUT2D eigenvalue weighted by Gasteiger charge is -2.21. The number of carbonyl (C=O) groups excluding carboxylic acids is 1. The highest BCUT2D eigenvalue weighted by Crippen LogP contribution is 2.44. The third kappa shape index (κ3) is 2.54. The van der Waals surface area contributed by atoms with E-state index in [1.807, 2.05) is 18.2 Å². The molecule has 1 aliphatic carbocycles. The van der Waals surface area contributed by atoms with Gasteiger partial charge >= 0.3 is 0 Å². The number of rotatable bonds is 2. The number of carboxylic acid groups (broad SMARTS) is 1. The lowest BCUT2D eigenvalue weighted by atomic mass is 9.89. The van der Waals surface area contributed by atoms with Gasteiger partial charge in [0.05, 0.1) is 22.1 Å². The van der Waals surface area contributed by atoms with E-state index in [0.717, 1.165) is 21.7 Å². The van der Waals surface area contributed by atoms with E-state index in [2.05, 4.69) is 18.2 Å². The summed E-state index contributed by atoms with van der Waals surface area (Å²) in [6.45, 7) is 0. The summed E-state index contributed by atoms with van der Waals surface area (Å²) in [7, 11) is 0. The lowest BCUT2D eigenvalue weighted by Crippen LogP contribution is -2.25. The fourth-order valence-corrected chi connectivity index (χ4v) is 4.99. The average molecular weight is 374 g/mol. The molecule has 0 atom stereocenters. The van der Waals surface area contributed by atoms with Gasteiger partial charge in [-0.3, -0.25) is 0 Å². The highest BCUT2D eigenvalue weighted by atomic mass is 32.1. The van der Waals surface area contributed by atoms with Crippen LogP contribution in [0.4, 0.5) is 4.39 Å². The number of fused-ring (bicyclic) bond motifs is 4. The highest BCUT2D eigenvalue weighted by molar-refractivity contribution is 7.19. The zero-order chi connectivity index (χ0) is 18.5. The Morgan fingerprint density at radius 2 is 1.89 bits per heavy atom. The summed E-state index contributed by atoms with van der Waals surface area (Å²) in [5, 5.41) is 12.2. The average Bonchev–Trinajstić information content (AvgIpc) is 3.11. The maximum absolute atomic E-state index is 13.7. The van der Waals surface area contributed by atoms with Crippen LogP contribution in [-0.2, 0) is 12.8 Å². The molecule has 27 heavy (non-hydrogen) atoms. The lowest BCUT2D eigenvalue weighted by molar-refractivity contribution is -0.254. The number of halogens is 1. The van der Waals surface area contributed by atoms with Crippen molar-refractivity contribution in [1.82, 2.24) is 4.98 Å². The predicted octanol–water partition coefficient (Wildman–Crippen LogP) is 4.23. The second-order valence-corrected chi connectivity index (χ2v) is 7.65. The summed E-state index contributed by atoms with van der Waals surface area (Å²) in [4.78, 5) is 18.7. The third-order valence-corrected chi connectivity index (χ3v) is 6.21. The molecule has 2 heterocycles. The standard InChI is InChI=1S/C22H14FNO2S/c23-14-7-9-17-16(11-14)19(22(25)26)15-8-6-13-10-18(12-4-2-1-3-5-12)27-21(13)20(15)24-17/h1-5,7,9-11H,6,8H2,(H,25,26)/p-1. The first-order valence-corrected chi connectivity index (χ1v) is 9.45. The van der Waals surface area contributed by atoms with Crippen molar-refractivity contribution in [2.75, 3.05) is 0 Å². The number of nitrogens with zero attached hydrogens (tertiary/aromatic N) is 1. The second-order valence-electron chi connectivity index (χ2n) is 6.59. The first kappa shape index (κ1) is 16.1. The number of aromatic nitrogens is 1. The minimum atomic E-state index is -1.28. The first-order chi connectivity index (χ1) is 13.1. The van der Waals surface area contributed by atoms with E-state index in [1.165, 1.54) is 23.8 Å². The van der Waals surface area contributed by atoms with Gasteiger partial charge in [0.2, 0.25) is 0 Å². The Balaban J connectivity index is 1.78. The molecule has 132 valence electrons. The second kappa shape index (κ2) is 5.99. The molecular weight excluding hydrogens is 361 g/mol. The number of carbonyl (C=O) groups is 1. The summed E-state index contributed by atoms with van der Waals surface area (Å²) < 4.78 is 13.7. The fraction of sp³-hybridized carbons (Fsp3) is 0.0909. The molecule has 0 aliphatic heterocycles.